The van der Waals surface area contributed by atoms with Gasteiger partial charge in [0.25, 0.3) is 0 Å². The first-order valence-corrected chi connectivity index (χ1v) is 8.12. The zero-order valence-electron chi connectivity index (χ0n) is 12.1. The lowest BCUT2D eigenvalue weighted by Gasteiger charge is -2.29. The van der Waals surface area contributed by atoms with Crippen molar-refractivity contribution >= 4 is 17.4 Å². The predicted octanol–water partition coefficient (Wildman–Crippen LogP) is 3.29. The average Bonchev–Trinajstić information content (AvgIpc) is 3.23. The largest absolute Gasteiger partial charge is 0.366 e. The maximum Gasteiger partial charge on any atom is 0.135 e. The Labute approximate surface area is 125 Å². The molecule has 0 radical (unpaired) electrons. The molecule has 1 N–H and O–H groups in total. The molecular formula is C15H23ClN4. The van der Waals surface area contributed by atoms with Crippen molar-refractivity contribution in [3.8, 4) is 0 Å². The van der Waals surface area contributed by atoms with Crippen LogP contribution in [-0.4, -0.2) is 40.5 Å². The van der Waals surface area contributed by atoms with Gasteiger partial charge in [-0.25, -0.2) is 9.97 Å². The van der Waals surface area contributed by atoms with Crippen LogP contribution >= 0.6 is 11.6 Å². The zero-order chi connectivity index (χ0) is 13.9. The SMILES string of the molecule is CC(CN1CCCCC1)Nc1cc(Cl)nc(C2CC2)n1. The molecule has 2 aliphatic rings. The van der Waals surface area contributed by atoms with E-state index in [1.807, 2.05) is 6.07 Å². The molecule has 1 aliphatic carbocycles. The highest BCUT2D eigenvalue weighted by molar-refractivity contribution is 6.29. The monoisotopic (exact) mass is 294 g/mol. The molecule has 110 valence electrons. The molecule has 1 saturated heterocycles. The number of rotatable bonds is 5. The summed E-state index contributed by atoms with van der Waals surface area (Å²) in [6.45, 7) is 5.73. The van der Waals surface area contributed by atoms with E-state index in [0.29, 0.717) is 17.1 Å². The number of piperidine rings is 1. The van der Waals surface area contributed by atoms with Gasteiger partial charge in [-0.15, -0.1) is 0 Å². The lowest BCUT2D eigenvalue weighted by molar-refractivity contribution is 0.223. The normalized spacial score (nSPS) is 21.7. The van der Waals surface area contributed by atoms with Crippen LogP contribution in [0.4, 0.5) is 5.82 Å². The summed E-state index contributed by atoms with van der Waals surface area (Å²) in [5, 5.41) is 4.03. The van der Waals surface area contributed by atoms with E-state index in [1.54, 1.807) is 0 Å². The summed E-state index contributed by atoms with van der Waals surface area (Å²) in [5.41, 5.74) is 0. The fourth-order valence-electron chi connectivity index (χ4n) is 2.86. The second kappa shape index (κ2) is 6.27. The van der Waals surface area contributed by atoms with Crippen LogP contribution < -0.4 is 5.32 Å². The van der Waals surface area contributed by atoms with E-state index in [4.69, 9.17) is 11.6 Å². The summed E-state index contributed by atoms with van der Waals surface area (Å²) in [4.78, 5) is 11.5. The minimum absolute atomic E-state index is 0.381. The second-order valence-corrected chi connectivity index (χ2v) is 6.50. The number of hydrogen-bond acceptors (Lipinski definition) is 4. The van der Waals surface area contributed by atoms with Crippen molar-refractivity contribution in [3.63, 3.8) is 0 Å². The highest BCUT2D eigenvalue weighted by atomic mass is 35.5. The van der Waals surface area contributed by atoms with Gasteiger partial charge < -0.3 is 10.2 Å². The standard InChI is InChI=1S/C15H23ClN4/c1-11(10-20-7-3-2-4-8-20)17-14-9-13(16)18-15(19-14)12-5-6-12/h9,11-12H,2-8,10H2,1H3,(H,17,18,19). The van der Waals surface area contributed by atoms with Crippen molar-refractivity contribution in [2.24, 2.45) is 0 Å². The second-order valence-electron chi connectivity index (χ2n) is 6.12. The lowest BCUT2D eigenvalue weighted by atomic mass is 10.1. The third kappa shape index (κ3) is 3.83. The molecule has 1 aromatic rings. The van der Waals surface area contributed by atoms with Gasteiger partial charge in [0.2, 0.25) is 0 Å². The number of hydrogen-bond donors (Lipinski definition) is 1. The van der Waals surface area contributed by atoms with Crippen LogP contribution in [0.15, 0.2) is 6.07 Å². The van der Waals surface area contributed by atoms with Gasteiger partial charge in [0, 0.05) is 24.6 Å². The predicted molar refractivity (Wildman–Crippen MR) is 82.4 cm³/mol. The number of nitrogens with zero attached hydrogens (tertiary/aromatic N) is 3. The van der Waals surface area contributed by atoms with Crippen LogP contribution in [0.1, 0.15) is 50.8 Å². The quantitative estimate of drug-likeness (QED) is 0.846. The van der Waals surface area contributed by atoms with Crippen molar-refractivity contribution in [1.82, 2.24) is 14.9 Å². The van der Waals surface area contributed by atoms with E-state index in [-0.39, 0.29) is 0 Å². The van der Waals surface area contributed by atoms with E-state index < -0.39 is 0 Å². The molecule has 0 spiro atoms. The van der Waals surface area contributed by atoms with Gasteiger partial charge in [0.1, 0.15) is 16.8 Å². The number of aromatic nitrogens is 2. The molecule has 2 fully saturated rings. The summed E-state index contributed by atoms with van der Waals surface area (Å²) in [6.07, 6.45) is 6.44. The Morgan fingerprint density at radius 1 is 1.30 bits per heavy atom. The van der Waals surface area contributed by atoms with Crippen molar-refractivity contribution < 1.29 is 0 Å². The van der Waals surface area contributed by atoms with E-state index in [9.17, 15) is 0 Å². The maximum absolute atomic E-state index is 6.10. The Morgan fingerprint density at radius 2 is 2.05 bits per heavy atom. The molecule has 0 amide bonds. The molecule has 1 aromatic heterocycles. The molecule has 3 rings (SSSR count). The number of nitrogens with one attached hydrogen (secondary N) is 1. The van der Waals surface area contributed by atoms with Crippen molar-refractivity contribution in [2.75, 3.05) is 25.0 Å². The van der Waals surface area contributed by atoms with E-state index >= 15 is 0 Å². The minimum atomic E-state index is 0.381. The molecule has 4 nitrogen and oxygen atoms in total. The van der Waals surface area contributed by atoms with E-state index in [0.717, 1.165) is 18.2 Å². The Balaban J connectivity index is 1.58. The van der Waals surface area contributed by atoms with Crippen LogP contribution in [0.25, 0.3) is 0 Å². The third-order valence-corrected chi connectivity index (χ3v) is 4.22. The van der Waals surface area contributed by atoms with Crippen molar-refractivity contribution in [2.45, 2.75) is 51.0 Å². The zero-order valence-corrected chi connectivity index (χ0v) is 12.9. The van der Waals surface area contributed by atoms with E-state index in [2.05, 4.69) is 27.1 Å². The molecular weight excluding hydrogens is 272 g/mol. The highest BCUT2D eigenvalue weighted by Gasteiger charge is 2.27. The highest BCUT2D eigenvalue weighted by Crippen LogP contribution is 2.38. The molecule has 1 unspecified atom stereocenters. The smallest absolute Gasteiger partial charge is 0.135 e. The molecule has 2 heterocycles. The summed E-state index contributed by atoms with van der Waals surface area (Å²) < 4.78 is 0. The van der Waals surface area contributed by atoms with Crippen molar-refractivity contribution in [1.29, 1.82) is 0 Å². The van der Waals surface area contributed by atoms with Crippen LogP contribution in [0, 0.1) is 0 Å². The van der Waals surface area contributed by atoms with Crippen LogP contribution in [0.2, 0.25) is 5.15 Å². The minimum Gasteiger partial charge on any atom is -0.366 e. The Hall–Kier alpha value is -0.870. The molecule has 20 heavy (non-hydrogen) atoms. The lowest BCUT2D eigenvalue weighted by Crippen LogP contribution is -2.38. The number of likely N-dealkylation sites (tertiary alicyclic amines) is 1. The van der Waals surface area contributed by atoms with Gasteiger partial charge in [-0.3, -0.25) is 0 Å². The average molecular weight is 295 g/mol. The third-order valence-electron chi connectivity index (χ3n) is 4.03. The first kappa shape index (κ1) is 14.1. The molecule has 1 atom stereocenters. The number of anilines is 1. The summed E-state index contributed by atoms with van der Waals surface area (Å²) >= 11 is 6.10. The van der Waals surface area contributed by atoms with Crippen LogP contribution in [0.5, 0.6) is 0 Å². The first-order valence-electron chi connectivity index (χ1n) is 7.74. The van der Waals surface area contributed by atoms with Crippen LogP contribution in [0.3, 0.4) is 0 Å². The molecule has 1 aliphatic heterocycles. The van der Waals surface area contributed by atoms with Gasteiger partial charge in [-0.2, -0.15) is 0 Å². The molecule has 5 heteroatoms. The summed E-state index contributed by atoms with van der Waals surface area (Å²) in [5.74, 6) is 2.31. The Bertz CT molecular complexity index is 455. The molecule has 0 aromatic carbocycles. The maximum atomic E-state index is 6.10. The van der Waals surface area contributed by atoms with Gasteiger partial charge in [-0.1, -0.05) is 18.0 Å². The van der Waals surface area contributed by atoms with Crippen molar-refractivity contribution in [3.05, 3.63) is 17.0 Å². The molecule has 0 bridgehead atoms. The van der Waals surface area contributed by atoms with Gasteiger partial charge >= 0.3 is 0 Å². The van der Waals surface area contributed by atoms with Crippen LogP contribution in [-0.2, 0) is 0 Å². The van der Waals surface area contributed by atoms with Gasteiger partial charge in [0.15, 0.2) is 0 Å². The Kier molecular flexibility index (Phi) is 4.41. The summed E-state index contributed by atoms with van der Waals surface area (Å²) in [7, 11) is 0. The fourth-order valence-corrected chi connectivity index (χ4v) is 3.05. The summed E-state index contributed by atoms with van der Waals surface area (Å²) in [6, 6.07) is 2.21. The van der Waals surface area contributed by atoms with E-state index in [1.165, 1.54) is 45.2 Å². The first-order chi connectivity index (χ1) is 9.70. The topological polar surface area (TPSA) is 41.0 Å². The molecule has 1 saturated carbocycles. The Morgan fingerprint density at radius 3 is 2.75 bits per heavy atom. The fraction of sp³-hybridized carbons (Fsp3) is 0.733. The van der Waals surface area contributed by atoms with Gasteiger partial charge in [-0.05, 0) is 45.7 Å². The number of halogens is 1. The van der Waals surface area contributed by atoms with Gasteiger partial charge in [0.05, 0.1) is 0 Å².